The van der Waals surface area contributed by atoms with Crippen LogP contribution in [0.4, 0.5) is 0 Å². The van der Waals surface area contributed by atoms with Gasteiger partial charge in [0.2, 0.25) is 0 Å². The van der Waals surface area contributed by atoms with Crippen molar-refractivity contribution in [3.05, 3.63) is 11.6 Å². The molecule has 0 aromatic heterocycles. The number of allylic oxidation sites excluding steroid dienone is 2. The fourth-order valence-electron chi connectivity index (χ4n) is 9.01. The molecule has 0 aromatic carbocycles. The van der Waals surface area contributed by atoms with Gasteiger partial charge >= 0.3 is 5.97 Å². The zero-order chi connectivity index (χ0) is 24.5. The van der Waals surface area contributed by atoms with Crippen molar-refractivity contribution in [3.8, 4) is 0 Å². The minimum Gasteiger partial charge on any atom is -0.481 e. The second-order valence-corrected chi connectivity index (χ2v) is 16.0. The summed E-state index contributed by atoms with van der Waals surface area (Å²) in [6.45, 7) is 12.6. The van der Waals surface area contributed by atoms with E-state index >= 15 is 0 Å². The summed E-state index contributed by atoms with van der Waals surface area (Å²) in [5, 5.41) is 9.58. The van der Waals surface area contributed by atoms with Crippen LogP contribution in [-0.2, 0) is 4.79 Å². The Morgan fingerprint density at radius 1 is 1.09 bits per heavy atom. The lowest BCUT2D eigenvalue weighted by molar-refractivity contribution is -0.136. The van der Waals surface area contributed by atoms with Gasteiger partial charge in [-0.1, -0.05) is 87.1 Å². The fourth-order valence-corrected chi connectivity index (χ4v) is 11.6. The van der Waals surface area contributed by atoms with E-state index in [2.05, 4.69) is 40.7 Å². The van der Waals surface area contributed by atoms with Crippen molar-refractivity contribution in [3.63, 3.8) is 0 Å². The number of hydrogen-bond donors (Lipinski definition) is 1. The molecule has 4 aliphatic rings. The van der Waals surface area contributed by atoms with Gasteiger partial charge in [-0.3, -0.25) is 4.79 Å². The van der Waals surface area contributed by atoms with Crippen LogP contribution in [0.1, 0.15) is 112 Å². The SMILES string of the molecule is CC(C)CCC[C@@H](C)[C@H]1CC[C@H]2[C@@H]3CC=C4C[C@@H](SSCCC(=O)O)CC[C@]4(C)[C@H]3CC[C@]12C. The highest BCUT2D eigenvalue weighted by atomic mass is 33.1. The molecule has 4 rings (SSSR count). The molecule has 4 aliphatic carbocycles. The molecular formula is C30H50O2S2. The van der Waals surface area contributed by atoms with E-state index in [0.29, 0.717) is 16.1 Å². The molecule has 34 heavy (non-hydrogen) atoms. The van der Waals surface area contributed by atoms with Crippen LogP contribution in [0, 0.1) is 46.3 Å². The van der Waals surface area contributed by atoms with E-state index in [-0.39, 0.29) is 6.42 Å². The van der Waals surface area contributed by atoms with Crippen LogP contribution in [0.5, 0.6) is 0 Å². The Kier molecular flexibility index (Phi) is 8.81. The van der Waals surface area contributed by atoms with Gasteiger partial charge in [0.05, 0.1) is 6.42 Å². The molecule has 8 atom stereocenters. The molecule has 0 unspecified atom stereocenters. The maximum atomic E-state index is 10.8. The first-order valence-corrected chi connectivity index (χ1v) is 16.7. The first-order valence-electron chi connectivity index (χ1n) is 14.3. The van der Waals surface area contributed by atoms with Crippen molar-refractivity contribution in [1.29, 1.82) is 0 Å². The topological polar surface area (TPSA) is 37.3 Å². The van der Waals surface area contributed by atoms with Gasteiger partial charge in [0.15, 0.2) is 0 Å². The Morgan fingerprint density at radius 3 is 2.62 bits per heavy atom. The Bertz CT molecular complexity index is 748. The molecule has 3 saturated carbocycles. The summed E-state index contributed by atoms with van der Waals surface area (Å²) < 4.78 is 0. The molecule has 0 amide bonds. The molecule has 0 spiro atoms. The number of fused-ring (bicyclic) bond motifs is 5. The standard InChI is InChI=1S/C30H50O2S2/c1-20(2)7-6-8-21(3)25-11-12-26-24-10-9-22-19-23(34-33-18-15-28(31)32)13-16-29(22,4)27(24)14-17-30(25,26)5/h9,20-21,23-27H,6-8,10-19H2,1-5H3,(H,31,32)/t21-,23+,24+,25-,26+,27+,29+,30-/m1/s1. The van der Waals surface area contributed by atoms with Crippen LogP contribution in [-0.4, -0.2) is 22.1 Å². The van der Waals surface area contributed by atoms with Gasteiger partial charge < -0.3 is 5.11 Å². The van der Waals surface area contributed by atoms with Crippen LogP contribution in [0.2, 0.25) is 0 Å². The molecule has 0 bridgehead atoms. The van der Waals surface area contributed by atoms with Gasteiger partial charge in [-0.2, -0.15) is 0 Å². The maximum absolute atomic E-state index is 10.8. The first-order chi connectivity index (χ1) is 16.1. The highest BCUT2D eigenvalue weighted by Gasteiger charge is 2.59. The molecule has 0 heterocycles. The van der Waals surface area contributed by atoms with Crippen molar-refractivity contribution in [2.24, 2.45) is 46.3 Å². The summed E-state index contributed by atoms with van der Waals surface area (Å²) in [6, 6.07) is 0. The summed E-state index contributed by atoms with van der Waals surface area (Å²) in [7, 11) is 3.74. The number of aliphatic carboxylic acids is 1. The molecule has 3 fully saturated rings. The summed E-state index contributed by atoms with van der Waals surface area (Å²) >= 11 is 0. The lowest BCUT2D eigenvalue weighted by Gasteiger charge is -2.58. The van der Waals surface area contributed by atoms with Crippen LogP contribution in [0.15, 0.2) is 11.6 Å². The summed E-state index contributed by atoms with van der Waals surface area (Å²) in [5.74, 6) is 5.48. The van der Waals surface area contributed by atoms with Crippen molar-refractivity contribution in [1.82, 2.24) is 0 Å². The van der Waals surface area contributed by atoms with Crippen molar-refractivity contribution in [2.75, 3.05) is 5.75 Å². The second-order valence-electron chi connectivity index (χ2n) is 13.2. The number of carboxylic acid groups (broad SMARTS) is 1. The van der Waals surface area contributed by atoms with Crippen molar-refractivity contribution >= 4 is 27.6 Å². The molecular weight excluding hydrogens is 456 g/mol. The second kappa shape index (κ2) is 11.1. The van der Waals surface area contributed by atoms with E-state index in [9.17, 15) is 4.79 Å². The van der Waals surface area contributed by atoms with E-state index < -0.39 is 5.97 Å². The fraction of sp³-hybridized carbons (Fsp3) is 0.900. The quantitative estimate of drug-likeness (QED) is 0.182. The molecule has 2 nitrogen and oxygen atoms in total. The summed E-state index contributed by atoms with van der Waals surface area (Å²) in [5.41, 5.74) is 2.76. The lowest BCUT2D eigenvalue weighted by atomic mass is 9.47. The lowest BCUT2D eigenvalue weighted by Crippen LogP contribution is -2.50. The van der Waals surface area contributed by atoms with Crippen LogP contribution in [0.3, 0.4) is 0 Å². The van der Waals surface area contributed by atoms with E-state index in [4.69, 9.17) is 5.11 Å². The largest absolute Gasteiger partial charge is 0.481 e. The van der Waals surface area contributed by atoms with Gasteiger partial charge in [0.25, 0.3) is 0 Å². The third kappa shape index (κ3) is 5.43. The minimum absolute atomic E-state index is 0.284. The average molecular weight is 507 g/mol. The Balaban J connectivity index is 1.38. The molecule has 0 radical (unpaired) electrons. The van der Waals surface area contributed by atoms with E-state index in [0.717, 1.165) is 41.3 Å². The number of carbonyl (C=O) groups is 1. The molecule has 0 aliphatic heterocycles. The van der Waals surface area contributed by atoms with Gasteiger partial charge in [-0.25, -0.2) is 0 Å². The molecule has 0 aromatic rings. The third-order valence-electron chi connectivity index (χ3n) is 10.9. The molecule has 4 heteroatoms. The predicted octanol–water partition coefficient (Wildman–Crippen LogP) is 9.25. The van der Waals surface area contributed by atoms with Crippen LogP contribution >= 0.6 is 21.6 Å². The van der Waals surface area contributed by atoms with E-state index in [1.165, 1.54) is 70.6 Å². The Morgan fingerprint density at radius 2 is 1.88 bits per heavy atom. The number of rotatable bonds is 10. The maximum Gasteiger partial charge on any atom is 0.304 e. The van der Waals surface area contributed by atoms with Gasteiger partial charge in [0, 0.05) is 11.0 Å². The zero-order valence-corrected chi connectivity index (χ0v) is 24.1. The summed E-state index contributed by atoms with van der Waals surface area (Å²) in [4.78, 5) is 10.8. The Hall–Kier alpha value is -0.0900. The van der Waals surface area contributed by atoms with Gasteiger partial charge in [-0.05, 0) is 97.7 Å². The normalized spacial score (nSPS) is 40.3. The van der Waals surface area contributed by atoms with Crippen LogP contribution < -0.4 is 0 Å². The van der Waals surface area contributed by atoms with E-state index in [1.807, 2.05) is 10.8 Å². The molecule has 0 saturated heterocycles. The minimum atomic E-state index is -0.672. The number of hydrogen-bond acceptors (Lipinski definition) is 3. The smallest absolute Gasteiger partial charge is 0.304 e. The van der Waals surface area contributed by atoms with Crippen molar-refractivity contribution in [2.45, 2.75) is 117 Å². The summed E-state index contributed by atoms with van der Waals surface area (Å²) in [6.07, 6.45) is 18.3. The molecule has 194 valence electrons. The van der Waals surface area contributed by atoms with E-state index in [1.54, 1.807) is 16.4 Å². The average Bonchev–Trinajstić information content (AvgIpc) is 3.13. The van der Waals surface area contributed by atoms with Crippen molar-refractivity contribution < 1.29 is 9.90 Å². The van der Waals surface area contributed by atoms with Gasteiger partial charge in [-0.15, -0.1) is 0 Å². The third-order valence-corrected chi connectivity index (χ3v) is 13.8. The first kappa shape index (κ1) is 27.0. The van der Waals surface area contributed by atoms with Crippen LogP contribution in [0.25, 0.3) is 0 Å². The molecule has 1 N–H and O–H groups in total. The van der Waals surface area contributed by atoms with Gasteiger partial charge in [0.1, 0.15) is 0 Å². The number of carboxylic acids is 1. The monoisotopic (exact) mass is 506 g/mol. The zero-order valence-electron chi connectivity index (χ0n) is 22.5. The highest BCUT2D eigenvalue weighted by Crippen LogP contribution is 2.67. The highest BCUT2D eigenvalue weighted by molar-refractivity contribution is 8.76. The predicted molar refractivity (Wildman–Crippen MR) is 149 cm³/mol. The Labute approximate surface area is 217 Å².